The number of aromatic nitrogens is 3. The maximum absolute atomic E-state index is 13.2. The Morgan fingerprint density at radius 3 is 2.27 bits per heavy atom. The molecule has 1 aromatic carbocycles. The summed E-state index contributed by atoms with van der Waals surface area (Å²) < 4.78 is 26.4. The molecule has 3 rings (SSSR count). The molecule has 0 fully saturated rings. The Balaban J connectivity index is 1.91. The standard InChI is InChI=1S/C16H13F2N3S/c1-10-4-3-5-13(19-10)15-21-20-14(22-15)11-6-8-12(9-7-11)16(2,17)18/h3-9H,1-2H3. The molecular weight excluding hydrogens is 304 g/mol. The van der Waals surface area contributed by atoms with Crippen LogP contribution in [0.2, 0.25) is 0 Å². The summed E-state index contributed by atoms with van der Waals surface area (Å²) >= 11 is 1.39. The number of rotatable bonds is 3. The first kappa shape index (κ1) is 14.7. The third kappa shape index (κ3) is 3.01. The van der Waals surface area contributed by atoms with E-state index >= 15 is 0 Å². The summed E-state index contributed by atoms with van der Waals surface area (Å²) in [6.07, 6.45) is 0. The SMILES string of the molecule is Cc1cccc(-c2nnc(-c3ccc(C(C)(F)F)cc3)s2)n1. The second kappa shape index (κ2) is 5.53. The van der Waals surface area contributed by atoms with E-state index in [2.05, 4.69) is 15.2 Å². The van der Waals surface area contributed by atoms with Crippen molar-refractivity contribution in [1.29, 1.82) is 0 Å². The highest BCUT2D eigenvalue weighted by Crippen LogP contribution is 2.32. The lowest BCUT2D eigenvalue weighted by Crippen LogP contribution is -2.06. The quantitative estimate of drug-likeness (QED) is 0.703. The van der Waals surface area contributed by atoms with Gasteiger partial charge in [-0.2, -0.15) is 0 Å². The van der Waals surface area contributed by atoms with Crippen molar-refractivity contribution in [2.75, 3.05) is 0 Å². The summed E-state index contributed by atoms with van der Waals surface area (Å²) in [4.78, 5) is 4.41. The average molecular weight is 317 g/mol. The van der Waals surface area contributed by atoms with Gasteiger partial charge in [-0.15, -0.1) is 10.2 Å². The highest BCUT2D eigenvalue weighted by molar-refractivity contribution is 7.17. The zero-order valence-electron chi connectivity index (χ0n) is 12.0. The third-order valence-electron chi connectivity index (χ3n) is 3.17. The van der Waals surface area contributed by atoms with Crippen LogP contribution in [0.5, 0.6) is 0 Å². The summed E-state index contributed by atoms with van der Waals surface area (Å²) in [5.74, 6) is -2.84. The third-order valence-corrected chi connectivity index (χ3v) is 4.17. The van der Waals surface area contributed by atoms with E-state index in [1.807, 2.05) is 25.1 Å². The summed E-state index contributed by atoms with van der Waals surface area (Å²) in [5.41, 5.74) is 2.43. The van der Waals surface area contributed by atoms with Crippen LogP contribution in [0.4, 0.5) is 8.78 Å². The Hall–Kier alpha value is -2.21. The zero-order chi connectivity index (χ0) is 15.7. The maximum atomic E-state index is 13.2. The van der Waals surface area contributed by atoms with Crippen LogP contribution < -0.4 is 0 Å². The number of hydrogen-bond acceptors (Lipinski definition) is 4. The van der Waals surface area contributed by atoms with Gasteiger partial charge >= 0.3 is 0 Å². The van der Waals surface area contributed by atoms with E-state index in [0.29, 0.717) is 10.0 Å². The molecule has 0 aliphatic rings. The summed E-state index contributed by atoms with van der Waals surface area (Å²) in [6.45, 7) is 2.80. The Labute approximate surface area is 130 Å². The van der Waals surface area contributed by atoms with Crippen LogP contribution in [-0.2, 0) is 5.92 Å². The number of benzene rings is 1. The van der Waals surface area contributed by atoms with Crippen LogP contribution in [0.1, 0.15) is 18.2 Å². The summed E-state index contributed by atoms with van der Waals surface area (Å²) in [7, 11) is 0. The molecule has 0 unspecified atom stereocenters. The first-order valence-corrected chi connectivity index (χ1v) is 7.51. The number of pyridine rings is 1. The number of nitrogens with zero attached hydrogens (tertiary/aromatic N) is 3. The second-order valence-corrected chi connectivity index (χ2v) is 6.02. The van der Waals surface area contributed by atoms with Gasteiger partial charge in [0.15, 0.2) is 5.01 Å². The molecule has 112 valence electrons. The molecule has 0 saturated heterocycles. The second-order valence-electron chi connectivity index (χ2n) is 5.04. The van der Waals surface area contributed by atoms with Gasteiger partial charge in [0.2, 0.25) is 0 Å². The first-order valence-electron chi connectivity index (χ1n) is 6.70. The van der Waals surface area contributed by atoms with Crippen molar-refractivity contribution in [2.24, 2.45) is 0 Å². The predicted molar refractivity (Wildman–Crippen MR) is 82.9 cm³/mol. The lowest BCUT2D eigenvalue weighted by molar-refractivity contribution is 0.0175. The van der Waals surface area contributed by atoms with E-state index in [1.54, 1.807) is 12.1 Å². The lowest BCUT2D eigenvalue weighted by atomic mass is 10.1. The minimum Gasteiger partial charge on any atom is -0.251 e. The van der Waals surface area contributed by atoms with Crippen molar-refractivity contribution < 1.29 is 8.78 Å². The molecule has 0 amide bonds. The molecule has 22 heavy (non-hydrogen) atoms. The van der Waals surface area contributed by atoms with Gasteiger partial charge in [0.25, 0.3) is 5.92 Å². The molecule has 0 aliphatic heterocycles. The maximum Gasteiger partial charge on any atom is 0.270 e. The predicted octanol–water partition coefficient (Wildman–Crippen LogP) is 4.69. The van der Waals surface area contributed by atoms with Gasteiger partial charge in [-0.1, -0.05) is 41.7 Å². The smallest absolute Gasteiger partial charge is 0.251 e. The molecule has 0 aliphatic carbocycles. The Bertz CT molecular complexity index is 792. The van der Waals surface area contributed by atoms with E-state index in [9.17, 15) is 8.78 Å². The molecule has 0 saturated carbocycles. The number of hydrogen-bond donors (Lipinski definition) is 0. The first-order chi connectivity index (χ1) is 10.4. The molecule has 0 N–H and O–H groups in total. The van der Waals surface area contributed by atoms with Crippen molar-refractivity contribution in [1.82, 2.24) is 15.2 Å². The topological polar surface area (TPSA) is 38.7 Å². The van der Waals surface area contributed by atoms with Crippen LogP contribution in [-0.4, -0.2) is 15.2 Å². The minimum absolute atomic E-state index is 0.0126. The van der Waals surface area contributed by atoms with E-state index in [1.165, 1.54) is 23.5 Å². The van der Waals surface area contributed by atoms with Gasteiger partial charge in [-0.25, -0.2) is 8.78 Å². The molecule has 0 spiro atoms. The molecule has 3 aromatic rings. The normalized spacial score (nSPS) is 11.6. The Morgan fingerprint density at radius 1 is 0.955 bits per heavy atom. The minimum atomic E-state index is -2.84. The lowest BCUT2D eigenvalue weighted by Gasteiger charge is -2.10. The van der Waals surface area contributed by atoms with Gasteiger partial charge in [0.1, 0.15) is 10.7 Å². The van der Waals surface area contributed by atoms with Gasteiger partial charge < -0.3 is 0 Å². The fourth-order valence-corrected chi connectivity index (χ4v) is 2.83. The highest BCUT2D eigenvalue weighted by Gasteiger charge is 2.24. The Kier molecular flexibility index (Phi) is 3.70. The molecule has 3 nitrogen and oxygen atoms in total. The van der Waals surface area contributed by atoms with Crippen molar-refractivity contribution in [3.05, 3.63) is 53.7 Å². The molecule has 2 aromatic heterocycles. The van der Waals surface area contributed by atoms with Gasteiger partial charge in [0, 0.05) is 23.7 Å². The van der Waals surface area contributed by atoms with E-state index in [0.717, 1.165) is 23.9 Å². The fourth-order valence-electron chi connectivity index (χ4n) is 2.01. The molecule has 6 heteroatoms. The van der Waals surface area contributed by atoms with Crippen LogP contribution in [0.3, 0.4) is 0 Å². The average Bonchev–Trinajstić information content (AvgIpc) is 2.96. The highest BCUT2D eigenvalue weighted by atomic mass is 32.1. The van der Waals surface area contributed by atoms with Crippen LogP contribution in [0, 0.1) is 6.92 Å². The number of alkyl halides is 2. The largest absolute Gasteiger partial charge is 0.270 e. The van der Waals surface area contributed by atoms with Gasteiger partial charge in [-0.05, 0) is 19.1 Å². The van der Waals surface area contributed by atoms with E-state index in [-0.39, 0.29) is 5.56 Å². The Morgan fingerprint density at radius 2 is 1.64 bits per heavy atom. The van der Waals surface area contributed by atoms with Crippen molar-refractivity contribution >= 4 is 11.3 Å². The van der Waals surface area contributed by atoms with Crippen molar-refractivity contribution in [3.8, 4) is 21.3 Å². The van der Waals surface area contributed by atoms with E-state index < -0.39 is 5.92 Å². The summed E-state index contributed by atoms with van der Waals surface area (Å²) in [6, 6.07) is 11.8. The molecule has 0 bridgehead atoms. The molecule has 2 heterocycles. The molecular formula is C16H13F2N3S. The van der Waals surface area contributed by atoms with Crippen molar-refractivity contribution in [2.45, 2.75) is 19.8 Å². The summed E-state index contributed by atoms with van der Waals surface area (Å²) in [5, 5.41) is 9.65. The van der Waals surface area contributed by atoms with Crippen LogP contribution in [0.25, 0.3) is 21.3 Å². The van der Waals surface area contributed by atoms with Crippen LogP contribution >= 0.6 is 11.3 Å². The molecule has 0 atom stereocenters. The van der Waals surface area contributed by atoms with E-state index in [4.69, 9.17) is 0 Å². The van der Waals surface area contributed by atoms with Crippen molar-refractivity contribution in [3.63, 3.8) is 0 Å². The van der Waals surface area contributed by atoms with Crippen LogP contribution in [0.15, 0.2) is 42.5 Å². The molecule has 0 radical (unpaired) electrons. The monoisotopic (exact) mass is 317 g/mol. The number of aryl methyl sites for hydroxylation is 1. The zero-order valence-corrected chi connectivity index (χ0v) is 12.9. The fraction of sp³-hybridized carbons (Fsp3) is 0.188. The number of halogens is 2. The van der Waals surface area contributed by atoms with Gasteiger partial charge in [0.05, 0.1) is 0 Å². The van der Waals surface area contributed by atoms with Gasteiger partial charge in [-0.3, -0.25) is 4.98 Å².